The van der Waals surface area contributed by atoms with Crippen LogP contribution in [-0.4, -0.2) is 41.0 Å². The molecule has 0 spiro atoms. The fourth-order valence-electron chi connectivity index (χ4n) is 2.91. The van der Waals surface area contributed by atoms with Crippen LogP contribution in [0.1, 0.15) is 44.2 Å². The first kappa shape index (κ1) is 19.7. The summed E-state index contributed by atoms with van der Waals surface area (Å²) in [4.78, 5) is 28.8. The summed E-state index contributed by atoms with van der Waals surface area (Å²) in [5, 5.41) is 5.65. The molecule has 1 aliphatic heterocycles. The number of aromatic nitrogens is 1. The number of likely N-dealkylation sites (tertiary alicyclic amines) is 1. The number of alkyl halides is 3. The molecule has 1 N–H and O–H groups in total. The highest BCUT2D eigenvalue weighted by molar-refractivity contribution is 7.09. The topological polar surface area (TPSA) is 62.3 Å². The fraction of sp³-hybridized carbons (Fsp3) is 0.688. The van der Waals surface area contributed by atoms with Crippen LogP contribution in [0.2, 0.25) is 0 Å². The Hall–Kier alpha value is -1.64. The lowest BCUT2D eigenvalue weighted by Crippen LogP contribution is -2.47. The second kappa shape index (κ2) is 8.16. The van der Waals surface area contributed by atoms with E-state index in [4.69, 9.17) is 0 Å². The third-order valence-corrected chi connectivity index (χ3v) is 5.06. The van der Waals surface area contributed by atoms with Gasteiger partial charge in [-0.1, -0.05) is 13.8 Å². The van der Waals surface area contributed by atoms with Gasteiger partial charge in [0.05, 0.1) is 6.04 Å². The van der Waals surface area contributed by atoms with Gasteiger partial charge in [-0.2, -0.15) is 13.2 Å². The number of rotatable bonds is 5. The van der Waals surface area contributed by atoms with Crippen molar-refractivity contribution in [1.82, 2.24) is 15.2 Å². The van der Waals surface area contributed by atoms with E-state index in [1.807, 2.05) is 19.2 Å². The number of nitrogens with zero attached hydrogens (tertiary/aromatic N) is 2. The van der Waals surface area contributed by atoms with Gasteiger partial charge in [-0.05, 0) is 25.2 Å². The molecule has 1 atom stereocenters. The molecule has 1 aromatic rings. The highest BCUT2D eigenvalue weighted by Crippen LogP contribution is 2.27. The van der Waals surface area contributed by atoms with Crippen molar-refractivity contribution >= 4 is 23.2 Å². The van der Waals surface area contributed by atoms with Gasteiger partial charge in [0, 0.05) is 30.6 Å². The maximum Gasteiger partial charge on any atom is 0.471 e. The minimum absolute atomic E-state index is 0.0530. The first-order valence-electron chi connectivity index (χ1n) is 8.24. The molecule has 2 amide bonds. The number of carbonyl (C=O) groups excluding carboxylic acids is 2. The number of hydrogen-bond acceptors (Lipinski definition) is 4. The van der Waals surface area contributed by atoms with E-state index < -0.39 is 12.1 Å². The maximum atomic E-state index is 12.5. The van der Waals surface area contributed by atoms with Gasteiger partial charge in [-0.25, -0.2) is 4.98 Å². The van der Waals surface area contributed by atoms with Crippen LogP contribution in [0, 0.1) is 11.8 Å². The zero-order valence-electron chi connectivity index (χ0n) is 14.2. The van der Waals surface area contributed by atoms with Gasteiger partial charge in [0.25, 0.3) is 0 Å². The Morgan fingerprint density at radius 1 is 1.36 bits per heavy atom. The summed E-state index contributed by atoms with van der Waals surface area (Å²) in [7, 11) is 0. The molecule has 0 saturated carbocycles. The Kier molecular flexibility index (Phi) is 6.42. The molecule has 0 bridgehead atoms. The average molecular weight is 377 g/mol. The number of hydrogen-bond donors (Lipinski definition) is 1. The van der Waals surface area contributed by atoms with Crippen LogP contribution in [-0.2, 0) is 9.59 Å². The van der Waals surface area contributed by atoms with Crippen LogP contribution < -0.4 is 5.32 Å². The molecule has 1 unspecified atom stereocenters. The average Bonchev–Trinajstić information content (AvgIpc) is 3.06. The molecule has 2 heterocycles. The number of nitrogens with one attached hydrogen (secondary N) is 1. The first-order valence-corrected chi connectivity index (χ1v) is 9.12. The van der Waals surface area contributed by atoms with E-state index in [9.17, 15) is 22.8 Å². The van der Waals surface area contributed by atoms with E-state index in [2.05, 4.69) is 10.3 Å². The molecule has 5 nitrogen and oxygen atoms in total. The van der Waals surface area contributed by atoms with E-state index in [0.717, 1.165) is 16.3 Å². The standard InChI is InChI=1S/C16H22F3N3O2S/c1-10(2)9-12(14-20-5-8-25-14)21-13(23)11-3-6-22(7-4-11)15(24)16(17,18)19/h5,8,10-12H,3-4,6-7,9H2,1-2H3,(H,21,23). The molecular formula is C16H22F3N3O2S. The van der Waals surface area contributed by atoms with Crippen LogP contribution in [0.3, 0.4) is 0 Å². The zero-order valence-corrected chi connectivity index (χ0v) is 15.0. The van der Waals surface area contributed by atoms with Crippen molar-refractivity contribution in [2.75, 3.05) is 13.1 Å². The Balaban J connectivity index is 1.92. The predicted molar refractivity (Wildman–Crippen MR) is 87.8 cm³/mol. The second-order valence-corrected chi connectivity index (χ2v) is 7.55. The minimum atomic E-state index is -4.86. The fourth-order valence-corrected chi connectivity index (χ4v) is 3.62. The van der Waals surface area contributed by atoms with Crippen molar-refractivity contribution in [2.45, 2.75) is 45.3 Å². The van der Waals surface area contributed by atoms with Crippen molar-refractivity contribution in [3.63, 3.8) is 0 Å². The highest BCUT2D eigenvalue weighted by Gasteiger charge is 2.43. The molecule has 1 fully saturated rings. The first-order chi connectivity index (χ1) is 11.7. The van der Waals surface area contributed by atoms with Crippen molar-refractivity contribution < 1.29 is 22.8 Å². The van der Waals surface area contributed by atoms with E-state index in [1.54, 1.807) is 6.20 Å². The van der Waals surface area contributed by atoms with Crippen LogP contribution in [0.15, 0.2) is 11.6 Å². The number of amides is 2. The zero-order chi connectivity index (χ0) is 18.6. The van der Waals surface area contributed by atoms with Gasteiger partial charge in [-0.15, -0.1) is 11.3 Å². The molecule has 140 valence electrons. The van der Waals surface area contributed by atoms with Crippen LogP contribution in [0.25, 0.3) is 0 Å². The summed E-state index contributed by atoms with van der Waals surface area (Å²) < 4.78 is 37.4. The lowest BCUT2D eigenvalue weighted by Gasteiger charge is -2.32. The number of halogens is 3. The Morgan fingerprint density at radius 2 is 2.00 bits per heavy atom. The number of thiazole rings is 1. The molecule has 25 heavy (non-hydrogen) atoms. The quantitative estimate of drug-likeness (QED) is 0.857. The Morgan fingerprint density at radius 3 is 2.48 bits per heavy atom. The third-order valence-electron chi connectivity index (χ3n) is 4.17. The summed E-state index contributed by atoms with van der Waals surface area (Å²) in [6, 6.07) is -0.192. The molecule has 2 rings (SSSR count). The van der Waals surface area contributed by atoms with Crippen molar-refractivity contribution in [1.29, 1.82) is 0 Å². The number of carbonyl (C=O) groups is 2. The van der Waals surface area contributed by atoms with Crippen molar-refractivity contribution in [2.24, 2.45) is 11.8 Å². The summed E-state index contributed by atoms with van der Waals surface area (Å²) in [6.07, 6.45) is -1.96. The summed E-state index contributed by atoms with van der Waals surface area (Å²) >= 11 is 1.46. The summed E-state index contributed by atoms with van der Waals surface area (Å²) in [5.41, 5.74) is 0. The lowest BCUT2D eigenvalue weighted by atomic mass is 9.94. The van der Waals surface area contributed by atoms with Crippen molar-refractivity contribution in [3.8, 4) is 0 Å². The highest BCUT2D eigenvalue weighted by atomic mass is 32.1. The van der Waals surface area contributed by atoms with E-state index >= 15 is 0 Å². The Bertz CT molecular complexity index is 582. The normalized spacial score (nSPS) is 17.6. The SMILES string of the molecule is CC(C)CC(NC(=O)C1CCN(C(=O)C(F)(F)F)CC1)c1nccs1. The van der Waals surface area contributed by atoms with Crippen LogP contribution >= 0.6 is 11.3 Å². The lowest BCUT2D eigenvalue weighted by molar-refractivity contribution is -0.186. The van der Waals surface area contributed by atoms with E-state index in [-0.39, 0.29) is 43.8 Å². The summed E-state index contributed by atoms with van der Waals surface area (Å²) in [5.74, 6) is -2.03. The smallest absolute Gasteiger partial charge is 0.347 e. The second-order valence-electron chi connectivity index (χ2n) is 6.63. The molecular weight excluding hydrogens is 355 g/mol. The third kappa shape index (κ3) is 5.42. The van der Waals surface area contributed by atoms with Gasteiger partial charge in [0.2, 0.25) is 5.91 Å². The van der Waals surface area contributed by atoms with E-state index in [1.165, 1.54) is 11.3 Å². The van der Waals surface area contributed by atoms with Gasteiger partial charge >= 0.3 is 12.1 Å². The van der Waals surface area contributed by atoms with Gasteiger partial charge in [0.1, 0.15) is 5.01 Å². The van der Waals surface area contributed by atoms with Gasteiger partial charge in [-0.3, -0.25) is 9.59 Å². The van der Waals surface area contributed by atoms with Crippen molar-refractivity contribution in [3.05, 3.63) is 16.6 Å². The maximum absolute atomic E-state index is 12.5. The molecule has 0 aromatic carbocycles. The van der Waals surface area contributed by atoms with Crippen LogP contribution in [0.5, 0.6) is 0 Å². The molecule has 0 radical (unpaired) electrons. The van der Waals surface area contributed by atoms with E-state index in [0.29, 0.717) is 5.92 Å². The predicted octanol–water partition coefficient (Wildman–Crippen LogP) is 3.15. The summed E-state index contributed by atoms with van der Waals surface area (Å²) in [6.45, 7) is 3.99. The molecule has 1 aliphatic rings. The molecule has 1 saturated heterocycles. The Labute approximate surface area is 148 Å². The van der Waals surface area contributed by atoms with Crippen LogP contribution in [0.4, 0.5) is 13.2 Å². The van der Waals surface area contributed by atoms with Gasteiger partial charge < -0.3 is 10.2 Å². The van der Waals surface area contributed by atoms with Gasteiger partial charge in [0.15, 0.2) is 0 Å². The largest absolute Gasteiger partial charge is 0.471 e. The molecule has 1 aromatic heterocycles. The molecule has 0 aliphatic carbocycles. The number of piperidine rings is 1. The monoisotopic (exact) mass is 377 g/mol. The molecule has 9 heteroatoms. The minimum Gasteiger partial charge on any atom is -0.347 e.